The molecule has 0 aliphatic heterocycles. The third-order valence-electron chi connectivity index (χ3n) is 2.97. The molecule has 0 fully saturated rings. The second-order valence-electron chi connectivity index (χ2n) is 4.38. The van der Waals surface area contributed by atoms with E-state index in [1.165, 1.54) is 6.07 Å². The van der Waals surface area contributed by atoms with Gasteiger partial charge in [0.15, 0.2) is 0 Å². The Morgan fingerprint density at radius 3 is 2.70 bits per heavy atom. The molecule has 0 saturated heterocycles. The van der Waals surface area contributed by atoms with Crippen LogP contribution in [-0.4, -0.2) is 6.54 Å². The standard InChI is InChI=1S/C16H17ClFNO/c1-2-19-10-13-14(17)7-5-9-16(13)20-11-12-6-3-4-8-15(12)18/h3-9,19H,2,10-11H2,1H3. The lowest BCUT2D eigenvalue weighted by Gasteiger charge is -2.13. The lowest BCUT2D eigenvalue weighted by atomic mass is 10.2. The first-order valence-electron chi connectivity index (χ1n) is 6.56. The van der Waals surface area contributed by atoms with Crippen molar-refractivity contribution in [2.24, 2.45) is 0 Å². The summed E-state index contributed by atoms with van der Waals surface area (Å²) in [5.41, 5.74) is 1.43. The van der Waals surface area contributed by atoms with Crippen LogP contribution in [0.1, 0.15) is 18.1 Å². The maximum absolute atomic E-state index is 13.6. The zero-order chi connectivity index (χ0) is 14.4. The number of halogens is 2. The molecule has 4 heteroatoms. The molecular weight excluding hydrogens is 277 g/mol. The molecule has 2 aromatic carbocycles. The monoisotopic (exact) mass is 293 g/mol. The first-order chi connectivity index (χ1) is 9.72. The van der Waals surface area contributed by atoms with E-state index in [2.05, 4.69) is 5.32 Å². The van der Waals surface area contributed by atoms with Crippen molar-refractivity contribution in [1.82, 2.24) is 5.32 Å². The number of rotatable bonds is 6. The Bertz CT molecular complexity index is 574. The number of hydrogen-bond acceptors (Lipinski definition) is 2. The molecule has 0 spiro atoms. The van der Waals surface area contributed by atoms with Crippen molar-refractivity contribution in [2.75, 3.05) is 6.54 Å². The molecule has 0 aliphatic rings. The molecule has 0 atom stereocenters. The van der Waals surface area contributed by atoms with Gasteiger partial charge in [0.1, 0.15) is 18.2 Å². The van der Waals surface area contributed by atoms with Gasteiger partial charge in [0.25, 0.3) is 0 Å². The molecule has 0 amide bonds. The minimum Gasteiger partial charge on any atom is -0.488 e. The van der Waals surface area contributed by atoms with E-state index in [9.17, 15) is 4.39 Å². The Hall–Kier alpha value is -1.58. The highest BCUT2D eigenvalue weighted by Crippen LogP contribution is 2.27. The summed E-state index contributed by atoms with van der Waals surface area (Å²) in [5, 5.41) is 3.87. The Morgan fingerprint density at radius 2 is 1.95 bits per heavy atom. The van der Waals surface area contributed by atoms with Crippen LogP contribution in [0.5, 0.6) is 5.75 Å². The first-order valence-corrected chi connectivity index (χ1v) is 6.94. The van der Waals surface area contributed by atoms with Crippen LogP contribution in [-0.2, 0) is 13.2 Å². The molecule has 0 bridgehead atoms. The van der Waals surface area contributed by atoms with Gasteiger partial charge in [0.05, 0.1) is 0 Å². The second-order valence-corrected chi connectivity index (χ2v) is 4.78. The lowest BCUT2D eigenvalue weighted by molar-refractivity contribution is 0.296. The van der Waals surface area contributed by atoms with E-state index in [1.54, 1.807) is 18.2 Å². The number of nitrogens with one attached hydrogen (secondary N) is 1. The Morgan fingerprint density at radius 1 is 1.15 bits per heavy atom. The van der Waals surface area contributed by atoms with E-state index in [0.29, 0.717) is 22.9 Å². The van der Waals surface area contributed by atoms with Crippen LogP contribution in [0, 0.1) is 5.82 Å². The zero-order valence-electron chi connectivity index (χ0n) is 11.3. The summed E-state index contributed by atoms with van der Waals surface area (Å²) in [7, 11) is 0. The Labute approximate surface area is 123 Å². The quantitative estimate of drug-likeness (QED) is 0.863. The molecule has 20 heavy (non-hydrogen) atoms. The number of benzene rings is 2. The van der Waals surface area contributed by atoms with Crippen molar-refractivity contribution in [1.29, 1.82) is 0 Å². The largest absolute Gasteiger partial charge is 0.488 e. The van der Waals surface area contributed by atoms with Crippen LogP contribution in [0.25, 0.3) is 0 Å². The average Bonchev–Trinajstić information content (AvgIpc) is 2.45. The molecular formula is C16H17ClFNO. The van der Waals surface area contributed by atoms with E-state index in [1.807, 2.05) is 25.1 Å². The van der Waals surface area contributed by atoms with Gasteiger partial charge in [0.2, 0.25) is 0 Å². The summed E-state index contributed by atoms with van der Waals surface area (Å²) < 4.78 is 19.3. The first kappa shape index (κ1) is 14.8. The van der Waals surface area contributed by atoms with E-state index in [0.717, 1.165) is 12.1 Å². The van der Waals surface area contributed by atoms with E-state index < -0.39 is 0 Å². The molecule has 106 valence electrons. The van der Waals surface area contributed by atoms with Crippen molar-refractivity contribution in [3.05, 3.63) is 64.4 Å². The van der Waals surface area contributed by atoms with Crippen LogP contribution in [0.3, 0.4) is 0 Å². The molecule has 1 N–H and O–H groups in total. The van der Waals surface area contributed by atoms with Crippen molar-refractivity contribution in [3.63, 3.8) is 0 Å². The van der Waals surface area contributed by atoms with E-state index >= 15 is 0 Å². The fourth-order valence-corrected chi connectivity index (χ4v) is 2.10. The number of ether oxygens (including phenoxy) is 1. The maximum Gasteiger partial charge on any atom is 0.129 e. The summed E-state index contributed by atoms with van der Waals surface area (Å²) in [6, 6.07) is 12.1. The summed E-state index contributed by atoms with van der Waals surface area (Å²) in [6.45, 7) is 3.68. The summed E-state index contributed by atoms with van der Waals surface area (Å²) in [5.74, 6) is 0.421. The van der Waals surface area contributed by atoms with Gasteiger partial charge in [-0.2, -0.15) is 0 Å². The van der Waals surface area contributed by atoms with Crippen molar-refractivity contribution in [2.45, 2.75) is 20.1 Å². The fraction of sp³-hybridized carbons (Fsp3) is 0.250. The van der Waals surface area contributed by atoms with E-state index in [4.69, 9.17) is 16.3 Å². The minimum atomic E-state index is -0.261. The minimum absolute atomic E-state index is 0.187. The SMILES string of the molecule is CCNCc1c(Cl)cccc1OCc1ccccc1F. The second kappa shape index (κ2) is 7.27. The van der Waals surface area contributed by atoms with Crippen molar-refractivity contribution < 1.29 is 9.13 Å². The van der Waals surface area contributed by atoms with Gasteiger partial charge in [-0.05, 0) is 24.7 Å². The normalized spacial score (nSPS) is 10.6. The highest BCUT2D eigenvalue weighted by Gasteiger charge is 2.09. The maximum atomic E-state index is 13.6. The van der Waals surface area contributed by atoms with Gasteiger partial charge in [0, 0.05) is 22.7 Å². The highest BCUT2D eigenvalue weighted by molar-refractivity contribution is 6.31. The molecule has 0 unspecified atom stereocenters. The molecule has 0 saturated carbocycles. The number of hydrogen-bond donors (Lipinski definition) is 1. The average molecular weight is 294 g/mol. The molecule has 2 aromatic rings. The molecule has 0 aliphatic carbocycles. The molecule has 0 heterocycles. The van der Waals surface area contributed by atoms with Crippen molar-refractivity contribution >= 4 is 11.6 Å². The van der Waals surface area contributed by atoms with Crippen LogP contribution in [0.15, 0.2) is 42.5 Å². The summed E-state index contributed by atoms with van der Waals surface area (Å²) in [6.07, 6.45) is 0. The van der Waals surface area contributed by atoms with Gasteiger partial charge in [-0.3, -0.25) is 0 Å². The Kier molecular flexibility index (Phi) is 5.39. The van der Waals surface area contributed by atoms with E-state index in [-0.39, 0.29) is 12.4 Å². The zero-order valence-corrected chi connectivity index (χ0v) is 12.1. The molecule has 2 rings (SSSR count). The van der Waals surface area contributed by atoms with Gasteiger partial charge in [-0.15, -0.1) is 0 Å². The predicted molar refractivity (Wildman–Crippen MR) is 79.6 cm³/mol. The van der Waals surface area contributed by atoms with Crippen molar-refractivity contribution in [3.8, 4) is 5.75 Å². The fourth-order valence-electron chi connectivity index (χ4n) is 1.87. The third-order valence-corrected chi connectivity index (χ3v) is 3.32. The molecule has 0 radical (unpaired) electrons. The summed E-state index contributed by atoms with van der Waals surface area (Å²) in [4.78, 5) is 0. The van der Waals surface area contributed by atoms with Gasteiger partial charge in [-0.25, -0.2) is 4.39 Å². The van der Waals surface area contributed by atoms with Crippen LogP contribution >= 0.6 is 11.6 Å². The highest BCUT2D eigenvalue weighted by atomic mass is 35.5. The van der Waals surface area contributed by atoms with Gasteiger partial charge < -0.3 is 10.1 Å². The molecule has 0 aromatic heterocycles. The third kappa shape index (κ3) is 3.71. The predicted octanol–water partition coefficient (Wildman–Crippen LogP) is 4.17. The topological polar surface area (TPSA) is 21.3 Å². The van der Waals surface area contributed by atoms with Crippen LogP contribution < -0.4 is 10.1 Å². The molecule has 2 nitrogen and oxygen atoms in total. The summed E-state index contributed by atoms with van der Waals surface area (Å²) >= 11 is 6.18. The smallest absolute Gasteiger partial charge is 0.129 e. The van der Waals surface area contributed by atoms with Crippen LogP contribution in [0.2, 0.25) is 5.02 Å². The van der Waals surface area contributed by atoms with Gasteiger partial charge >= 0.3 is 0 Å². The van der Waals surface area contributed by atoms with Gasteiger partial charge in [-0.1, -0.05) is 42.8 Å². The van der Waals surface area contributed by atoms with Crippen LogP contribution in [0.4, 0.5) is 4.39 Å². The Balaban J connectivity index is 2.13. The lowest BCUT2D eigenvalue weighted by Crippen LogP contribution is -2.13.